The van der Waals surface area contributed by atoms with Crippen molar-refractivity contribution in [1.82, 2.24) is 15.3 Å². The number of carbonyl (C=O) groups is 3. The van der Waals surface area contributed by atoms with Crippen LogP contribution in [0.4, 0.5) is 23.2 Å². The number of aryl methyl sites for hydroxylation is 1. The Kier molecular flexibility index (Phi) is 9.02. The standard InChI is InChI=1S/C30H28F4N4O7S/c1-45-24-12-22(31)20(23-14-35-18(13-36-23)7-8-25(39)40)11-21(24)28(41)38-27-16-6-5-15(9-16)26(27)29(42)37-17-3-2-4-19(10-17)46(43,44)30(32,33)34/h2-4,10-16,26-27H,5-9H2,1H3,(H,37,42)(H,38,41)(H,39,40). The van der Waals surface area contributed by atoms with Crippen molar-refractivity contribution in [2.75, 3.05) is 12.4 Å². The zero-order chi connectivity index (χ0) is 33.4. The number of aliphatic carboxylic acids is 1. The van der Waals surface area contributed by atoms with E-state index in [4.69, 9.17) is 9.84 Å². The summed E-state index contributed by atoms with van der Waals surface area (Å²) >= 11 is 0. The monoisotopic (exact) mass is 664 g/mol. The predicted octanol–water partition coefficient (Wildman–Crippen LogP) is 4.39. The second-order valence-corrected chi connectivity index (χ2v) is 13.1. The van der Waals surface area contributed by atoms with Gasteiger partial charge in [-0.25, -0.2) is 12.8 Å². The van der Waals surface area contributed by atoms with Gasteiger partial charge in [-0.05, 0) is 55.4 Å². The Hall–Kier alpha value is -4.60. The molecule has 2 bridgehead atoms. The topological polar surface area (TPSA) is 165 Å². The summed E-state index contributed by atoms with van der Waals surface area (Å²) < 4.78 is 83.3. The number of benzene rings is 2. The molecular weight excluding hydrogens is 636 g/mol. The maximum Gasteiger partial charge on any atom is 0.501 e. The molecule has 2 fully saturated rings. The summed E-state index contributed by atoms with van der Waals surface area (Å²) in [6.45, 7) is 0. The van der Waals surface area contributed by atoms with Crippen LogP contribution in [0.3, 0.4) is 0 Å². The van der Waals surface area contributed by atoms with Crippen molar-refractivity contribution in [2.24, 2.45) is 17.8 Å². The summed E-state index contributed by atoms with van der Waals surface area (Å²) in [5.41, 5.74) is -5.33. The zero-order valence-corrected chi connectivity index (χ0v) is 25.0. The highest BCUT2D eigenvalue weighted by Crippen LogP contribution is 2.49. The predicted molar refractivity (Wildman–Crippen MR) is 154 cm³/mol. The molecule has 16 heteroatoms. The van der Waals surface area contributed by atoms with Crippen molar-refractivity contribution >= 4 is 33.3 Å². The van der Waals surface area contributed by atoms with E-state index in [-0.39, 0.29) is 52.9 Å². The van der Waals surface area contributed by atoms with Gasteiger partial charge in [0.2, 0.25) is 5.91 Å². The number of fused-ring (bicyclic) bond motifs is 2. The lowest BCUT2D eigenvalue weighted by molar-refractivity contribution is -0.137. The first-order chi connectivity index (χ1) is 21.7. The molecule has 2 amide bonds. The van der Waals surface area contributed by atoms with E-state index in [0.29, 0.717) is 25.0 Å². The molecule has 0 radical (unpaired) electrons. The SMILES string of the molecule is COc1cc(F)c(-c2cnc(CCC(=O)O)cn2)cc1C(=O)NC1C2CCC(C2)C1C(=O)Nc1cccc(S(=O)(=O)C(F)(F)F)c1. The number of rotatable bonds is 10. The van der Waals surface area contributed by atoms with Gasteiger partial charge >= 0.3 is 11.5 Å². The Labute approximate surface area is 260 Å². The molecular formula is C30H28F4N4O7S. The van der Waals surface area contributed by atoms with Crippen LogP contribution in [-0.4, -0.2) is 59.9 Å². The van der Waals surface area contributed by atoms with Gasteiger partial charge in [-0.15, -0.1) is 0 Å². The fourth-order valence-electron chi connectivity index (χ4n) is 6.16. The molecule has 4 atom stereocenters. The van der Waals surface area contributed by atoms with Crippen molar-refractivity contribution in [3.63, 3.8) is 0 Å². The molecule has 2 aliphatic rings. The number of anilines is 1. The largest absolute Gasteiger partial charge is 0.501 e. The van der Waals surface area contributed by atoms with E-state index in [9.17, 15) is 36.0 Å². The Morgan fingerprint density at radius 1 is 1.07 bits per heavy atom. The van der Waals surface area contributed by atoms with Crippen molar-refractivity contribution in [1.29, 1.82) is 0 Å². The molecule has 1 aromatic heterocycles. The van der Waals surface area contributed by atoms with Crippen LogP contribution in [0.2, 0.25) is 0 Å². The summed E-state index contributed by atoms with van der Waals surface area (Å²) in [5.74, 6) is -4.12. The van der Waals surface area contributed by atoms with Gasteiger partial charge in [0.1, 0.15) is 11.6 Å². The maximum absolute atomic E-state index is 15.1. The molecule has 11 nitrogen and oxygen atoms in total. The number of nitrogens with one attached hydrogen (secondary N) is 2. The second kappa shape index (κ2) is 12.7. The Bertz CT molecular complexity index is 1780. The van der Waals surface area contributed by atoms with Gasteiger partial charge in [0.05, 0.1) is 47.5 Å². The number of hydrogen-bond acceptors (Lipinski definition) is 8. The van der Waals surface area contributed by atoms with Crippen LogP contribution in [0, 0.1) is 23.6 Å². The number of carbonyl (C=O) groups excluding carboxylic acids is 2. The van der Waals surface area contributed by atoms with Gasteiger partial charge in [0, 0.05) is 36.0 Å². The molecule has 3 aromatic rings. The van der Waals surface area contributed by atoms with Crippen molar-refractivity contribution in [2.45, 2.75) is 48.5 Å². The van der Waals surface area contributed by atoms with Crippen LogP contribution in [-0.2, 0) is 25.8 Å². The highest BCUT2D eigenvalue weighted by molar-refractivity contribution is 7.92. The number of nitrogens with zero attached hydrogens (tertiary/aromatic N) is 2. The minimum atomic E-state index is -5.64. The fourth-order valence-corrected chi connectivity index (χ4v) is 6.97. The summed E-state index contributed by atoms with van der Waals surface area (Å²) in [6.07, 6.45) is 4.54. The molecule has 4 unspecified atom stereocenters. The number of aromatic nitrogens is 2. The Morgan fingerprint density at radius 2 is 1.80 bits per heavy atom. The number of ether oxygens (including phenoxy) is 1. The minimum absolute atomic E-state index is 0.0531. The van der Waals surface area contributed by atoms with Crippen LogP contribution in [0.15, 0.2) is 53.7 Å². The third kappa shape index (κ3) is 6.52. The molecule has 1 heterocycles. The van der Waals surface area contributed by atoms with Crippen LogP contribution < -0.4 is 15.4 Å². The molecule has 244 valence electrons. The van der Waals surface area contributed by atoms with Crippen molar-refractivity contribution < 1.29 is 50.2 Å². The van der Waals surface area contributed by atoms with Crippen molar-refractivity contribution in [3.8, 4) is 17.0 Å². The van der Waals surface area contributed by atoms with Gasteiger partial charge in [0.15, 0.2) is 0 Å². The number of carboxylic acids is 1. The zero-order valence-electron chi connectivity index (χ0n) is 24.2. The lowest BCUT2D eigenvalue weighted by Gasteiger charge is -2.31. The molecule has 0 saturated heterocycles. The van der Waals surface area contributed by atoms with Crippen LogP contribution in [0.1, 0.15) is 41.7 Å². The first-order valence-corrected chi connectivity index (χ1v) is 15.6. The number of methoxy groups -OCH3 is 1. The summed E-state index contributed by atoms with van der Waals surface area (Å²) in [4.78, 5) is 45.2. The van der Waals surface area contributed by atoms with Crippen LogP contribution in [0.25, 0.3) is 11.3 Å². The number of alkyl halides is 3. The molecule has 46 heavy (non-hydrogen) atoms. The van der Waals surface area contributed by atoms with Crippen molar-refractivity contribution in [3.05, 3.63) is 65.9 Å². The van der Waals surface area contributed by atoms with E-state index in [1.165, 1.54) is 31.6 Å². The van der Waals surface area contributed by atoms with Gasteiger partial charge in [0.25, 0.3) is 15.7 Å². The third-order valence-corrected chi connectivity index (χ3v) is 9.83. The van der Waals surface area contributed by atoms with E-state index in [1.807, 2.05) is 0 Å². The van der Waals surface area contributed by atoms with Gasteiger partial charge in [-0.2, -0.15) is 13.2 Å². The number of hydrogen-bond donors (Lipinski definition) is 3. The highest BCUT2D eigenvalue weighted by atomic mass is 32.2. The average Bonchev–Trinajstić information content (AvgIpc) is 3.62. The Balaban J connectivity index is 1.37. The Morgan fingerprint density at radius 3 is 2.46 bits per heavy atom. The number of amides is 2. The van der Waals surface area contributed by atoms with Crippen LogP contribution >= 0.6 is 0 Å². The van der Waals surface area contributed by atoms with Gasteiger partial charge < -0.3 is 20.5 Å². The van der Waals surface area contributed by atoms with Crippen LogP contribution in [0.5, 0.6) is 5.75 Å². The maximum atomic E-state index is 15.1. The molecule has 2 saturated carbocycles. The first kappa shape index (κ1) is 32.8. The quantitative estimate of drug-likeness (QED) is 0.267. The molecule has 5 rings (SSSR count). The van der Waals surface area contributed by atoms with Gasteiger partial charge in [-0.3, -0.25) is 24.4 Å². The molecule has 3 N–H and O–H groups in total. The molecule has 0 spiro atoms. The summed E-state index contributed by atoms with van der Waals surface area (Å²) in [6, 6.07) is 5.43. The number of sulfone groups is 1. The number of halogens is 4. The minimum Gasteiger partial charge on any atom is -0.496 e. The summed E-state index contributed by atoms with van der Waals surface area (Å²) in [5, 5.41) is 14.2. The van der Waals surface area contributed by atoms with E-state index >= 15 is 4.39 Å². The smallest absolute Gasteiger partial charge is 0.496 e. The fraction of sp³-hybridized carbons (Fsp3) is 0.367. The molecule has 2 aromatic carbocycles. The normalized spacial score (nSPS) is 20.7. The first-order valence-electron chi connectivity index (χ1n) is 14.1. The highest BCUT2D eigenvalue weighted by Gasteiger charge is 2.52. The summed E-state index contributed by atoms with van der Waals surface area (Å²) in [7, 11) is -4.38. The van der Waals surface area contributed by atoms with E-state index < -0.39 is 55.8 Å². The molecule has 2 aliphatic carbocycles. The van der Waals surface area contributed by atoms with E-state index in [0.717, 1.165) is 24.3 Å². The van der Waals surface area contributed by atoms with E-state index in [1.54, 1.807) is 0 Å². The molecule has 0 aliphatic heterocycles. The lowest BCUT2D eigenvalue weighted by atomic mass is 9.83. The lowest BCUT2D eigenvalue weighted by Crippen LogP contribution is -2.48. The number of carboxylic acid groups (broad SMARTS) is 1. The average molecular weight is 665 g/mol. The third-order valence-electron chi connectivity index (χ3n) is 8.34. The second-order valence-electron chi connectivity index (χ2n) is 11.1. The van der Waals surface area contributed by atoms with E-state index in [2.05, 4.69) is 20.6 Å². The van der Waals surface area contributed by atoms with Gasteiger partial charge in [-0.1, -0.05) is 6.07 Å².